The Kier molecular flexibility index (Phi) is 5.43. The Morgan fingerprint density at radius 1 is 1.26 bits per heavy atom. The topological polar surface area (TPSA) is 72.5 Å². The smallest absolute Gasteiger partial charge is 0.348 e. The van der Waals surface area contributed by atoms with Crippen LogP contribution < -0.4 is 4.72 Å². The standard InChI is InChI=1S/C16H19NO4S2/c1-4-5-12-6-8-13(9-7-12)23(19,20)17-14-10-11(2)15(22-14)16(18)21-3/h6-10,17H,4-5H2,1-3H3. The van der Waals surface area contributed by atoms with Crippen molar-refractivity contribution in [2.75, 3.05) is 11.8 Å². The van der Waals surface area contributed by atoms with Crippen LogP contribution >= 0.6 is 11.3 Å². The van der Waals surface area contributed by atoms with Gasteiger partial charge in [-0.15, -0.1) is 11.3 Å². The molecule has 1 N–H and O–H groups in total. The third-order valence-electron chi connectivity index (χ3n) is 3.30. The summed E-state index contributed by atoms with van der Waals surface area (Å²) in [7, 11) is -2.38. The molecule has 5 nitrogen and oxygen atoms in total. The lowest BCUT2D eigenvalue weighted by Crippen LogP contribution is -2.12. The summed E-state index contributed by atoms with van der Waals surface area (Å²) in [6.07, 6.45) is 1.93. The van der Waals surface area contributed by atoms with Crippen LogP contribution in [0.3, 0.4) is 0 Å². The molecule has 2 rings (SSSR count). The molecule has 0 atom stereocenters. The van der Waals surface area contributed by atoms with Crippen LogP contribution in [0.2, 0.25) is 0 Å². The van der Waals surface area contributed by atoms with Crippen LogP contribution in [0.25, 0.3) is 0 Å². The molecule has 0 saturated heterocycles. The molecule has 0 fully saturated rings. The van der Waals surface area contributed by atoms with E-state index in [0.717, 1.165) is 29.7 Å². The Hall–Kier alpha value is -1.86. The van der Waals surface area contributed by atoms with Crippen molar-refractivity contribution >= 4 is 32.3 Å². The summed E-state index contributed by atoms with van der Waals surface area (Å²) >= 11 is 1.06. The average Bonchev–Trinajstić information content (AvgIpc) is 2.87. The number of carbonyl (C=O) groups excluding carboxylic acids is 1. The third-order valence-corrected chi connectivity index (χ3v) is 5.94. The molecular weight excluding hydrogens is 334 g/mol. The number of benzene rings is 1. The van der Waals surface area contributed by atoms with Crippen molar-refractivity contribution in [1.82, 2.24) is 0 Å². The normalized spacial score (nSPS) is 11.3. The number of esters is 1. The van der Waals surface area contributed by atoms with Crippen molar-refractivity contribution in [2.45, 2.75) is 31.6 Å². The number of methoxy groups -OCH3 is 1. The van der Waals surface area contributed by atoms with Gasteiger partial charge in [0.15, 0.2) is 0 Å². The number of rotatable bonds is 6. The van der Waals surface area contributed by atoms with Gasteiger partial charge >= 0.3 is 5.97 Å². The Bertz CT molecular complexity index is 792. The molecule has 2 aromatic rings. The maximum atomic E-state index is 12.4. The van der Waals surface area contributed by atoms with E-state index in [1.165, 1.54) is 7.11 Å². The van der Waals surface area contributed by atoms with Gasteiger partial charge in [-0.3, -0.25) is 4.72 Å². The average molecular weight is 353 g/mol. The Labute approximate surface area is 140 Å². The number of hydrogen-bond acceptors (Lipinski definition) is 5. The van der Waals surface area contributed by atoms with Gasteiger partial charge in [0, 0.05) is 0 Å². The van der Waals surface area contributed by atoms with Crippen LogP contribution in [-0.4, -0.2) is 21.5 Å². The highest BCUT2D eigenvalue weighted by molar-refractivity contribution is 7.93. The van der Waals surface area contributed by atoms with Gasteiger partial charge in [0.25, 0.3) is 10.0 Å². The van der Waals surface area contributed by atoms with Gasteiger partial charge in [-0.1, -0.05) is 25.5 Å². The summed E-state index contributed by atoms with van der Waals surface area (Å²) in [5.74, 6) is -0.470. The SMILES string of the molecule is CCCc1ccc(S(=O)(=O)Nc2cc(C)c(C(=O)OC)s2)cc1. The first kappa shape index (κ1) is 17.5. The highest BCUT2D eigenvalue weighted by Gasteiger charge is 2.19. The molecule has 0 amide bonds. The molecule has 23 heavy (non-hydrogen) atoms. The second kappa shape index (κ2) is 7.14. The predicted octanol–water partition coefficient (Wildman–Crippen LogP) is 3.60. The van der Waals surface area contributed by atoms with Crippen LogP contribution in [-0.2, 0) is 21.2 Å². The molecule has 0 saturated carbocycles. The van der Waals surface area contributed by atoms with Crippen LogP contribution in [0.1, 0.15) is 34.1 Å². The number of thiophene rings is 1. The van der Waals surface area contributed by atoms with E-state index in [-0.39, 0.29) is 4.90 Å². The second-order valence-corrected chi connectivity index (χ2v) is 7.85. The fraction of sp³-hybridized carbons (Fsp3) is 0.312. The molecule has 0 aliphatic heterocycles. The van der Waals surface area contributed by atoms with Crippen LogP contribution in [0.4, 0.5) is 5.00 Å². The van der Waals surface area contributed by atoms with Gasteiger partial charge in [-0.2, -0.15) is 0 Å². The zero-order chi connectivity index (χ0) is 17.0. The van der Waals surface area contributed by atoms with Gasteiger partial charge in [-0.05, 0) is 42.7 Å². The van der Waals surface area contributed by atoms with Crippen molar-refractivity contribution in [3.05, 3.63) is 46.3 Å². The van der Waals surface area contributed by atoms with E-state index in [9.17, 15) is 13.2 Å². The highest BCUT2D eigenvalue weighted by atomic mass is 32.2. The summed E-state index contributed by atoms with van der Waals surface area (Å²) in [6.45, 7) is 3.81. The Morgan fingerprint density at radius 3 is 2.48 bits per heavy atom. The first-order valence-corrected chi connectivity index (χ1v) is 9.48. The molecule has 124 valence electrons. The minimum Gasteiger partial charge on any atom is -0.465 e. The number of nitrogens with one attached hydrogen (secondary N) is 1. The molecule has 0 spiro atoms. The molecule has 0 unspecified atom stereocenters. The molecular formula is C16H19NO4S2. The Morgan fingerprint density at radius 2 is 1.91 bits per heavy atom. The number of anilines is 1. The summed E-state index contributed by atoms with van der Waals surface area (Å²) < 4.78 is 32.0. The molecule has 1 aromatic heterocycles. The largest absolute Gasteiger partial charge is 0.465 e. The van der Waals surface area contributed by atoms with Gasteiger partial charge in [0.05, 0.1) is 12.0 Å². The van der Waals surface area contributed by atoms with Crippen molar-refractivity contribution < 1.29 is 17.9 Å². The molecule has 0 bridgehead atoms. The van der Waals surface area contributed by atoms with Crippen molar-refractivity contribution in [2.24, 2.45) is 0 Å². The number of hydrogen-bond donors (Lipinski definition) is 1. The van der Waals surface area contributed by atoms with Crippen molar-refractivity contribution in [1.29, 1.82) is 0 Å². The van der Waals surface area contributed by atoms with E-state index in [2.05, 4.69) is 16.4 Å². The van der Waals surface area contributed by atoms with E-state index < -0.39 is 16.0 Å². The van der Waals surface area contributed by atoms with E-state index in [1.807, 2.05) is 12.1 Å². The molecule has 7 heteroatoms. The lowest BCUT2D eigenvalue weighted by Gasteiger charge is -2.06. The van der Waals surface area contributed by atoms with Gasteiger partial charge in [0.1, 0.15) is 9.88 Å². The highest BCUT2D eigenvalue weighted by Crippen LogP contribution is 2.29. The van der Waals surface area contributed by atoms with Gasteiger partial charge in [-0.25, -0.2) is 13.2 Å². The monoisotopic (exact) mass is 353 g/mol. The minimum atomic E-state index is -3.67. The summed E-state index contributed by atoms with van der Waals surface area (Å²) in [4.78, 5) is 12.2. The first-order chi connectivity index (χ1) is 10.9. The minimum absolute atomic E-state index is 0.197. The quantitative estimate of drug-likeness (QED) is 0.806. The fourth-order valence-electron chi connectivity index (χ4n) is 2.14. The molecule has 1 heterocycles. The predicted molar refractivity (Wildman–Crippen MR) is 91.6 cm³/mol. The van der Waals surface area contributed by atoms with E-state index in [0.29, 0.717) is 15.4 Å². The fourth-order valence-corrected chi connectivity index (χ4v) is 4.42. The number of ether oxygens (including phenoxy) is 1. The van der Waals surface area contributed by atoms with Gasteiger partial charge in [0.2, 0.25) is 0 Å². The molecule has 0 radical (unpaired) electrons. The number of sulfonamides is 1. The van der Waals surface area contributed by atoms with E-state index in [4.69, 9.17) is 0 Å². The Balaban J connectivity index is 2.22. The third kappa shape index (κ3) is 4.11. The van der Waals surface area contributed by atoms with E-state index in [1.54, 1.807) is 25.1 Å². The van der Waals surface area contributed by atoms with E-state index >= 15 is 0 Å². The molecule has 0 aliphatic rings. The molecule has 0 aliphatic carbocycles. The maximum Gasteiger partial charge on any atom is 0.348 e. The zero-order valence-corrected chi connectivity index (χ0v) is 14.9. The van der Waals surface area contributed by atoms with Crippen molar-refractivity contribution in [3.63, 3.8) is 0 Å². The second-order valence-electron chi connectivity index (χ2n) is 5.11. The first-order valence-electron chi connectivity index (χ1n) is 7.18. The number of aryl methyl sites for hydroxylation is 2. The number of carbonyl (C=O) groups is 1. The molecule has 1 aromatic carbocycles. The summed E-state index contributed by atoms with van der Waals surface area (Å²) in [5, 5.41) is 0.389. The van der Waals surface area contributed by atoms with Crippen LogP contribution in [0, 0.1) is 6.92 Å². The summed E-state index contributed by atoms with van der Waals surface area (Å²) in [6, 6.07) is 8.44. The van der Waals surface area contributed by atoms with Crippen molar-refractivity contribution in [3.8, 4) is 0 Å². The van der Waals surface area contributed by atoms with Gasteiger partial charge < -0.3 is 4.74 Å². The van der Waals surface area contributed by atoms with Crippen LogP contribution in [0.15, 0.2) is 35.2 Å². The van der Waals surface area contributed by atoms with Crippen LogP contribution in [0.5, 0.6) is 0 Å². The lowest BCUT2D eigenvalue weighted by molar-refractivity contribution is 0.0605. The maximum absolute atomic E-state index is 12.4. The summed E-state index contributed by atoms with van der Waals surface area (Å²) in [5.41, 5.74) is 1.78. The zero-order valence-electron chi connectivity index (χ0n) is 13.3. The lowest BCUT2D eigenvalue weighted by atomic mass is 10.1.